The largest absolute Gasteiger partial charge is 0.425 e. The molecular weight excluding hydrogens is 320 g/mol. The number of carbonyl (C=O) groups is 1. The molecule has 0 N–H and O–H groups in total. The van der Waals surface area contributed by atoms with Crippen LogP contribution >= 0.6 is 22.9 Å². The zero-order chi connectivity index (χ0) is 15.4. The minimum absolute atomic E-state index is 0.0918. The molecule has 22 heavy (non-hydrogen) atoms. The molecule has 6 heteroatoms. The van der Waals surface area contributed by atoms with Gasteiger partial charge in [0.1, 0.15) is 10.8 Å². The van der Waals surface area contributed by atoms with Gasteiger partial charge in [0.25, 0.3) is 0 Å². The van der Waals surface area contributed by atoms with Crippen LogP contribution in [0.1, 0.15) is 5.69 Å². The predicted molar refractivity (Wildman–Crippen MR) is 86.1 cm³/mol. The van der Waals surface area contributed by atoms with Gasteiger partial charge in [0.15, 0.2) is 0 Å². The summed E-state index contributed by atoms with van der Waals surface area (Å²) >= 11 is 7.40. The van der Waals surface area contributed by atoms with Crippen molar-refractivity contribution in [2.75, 3.05) is 0 Å². The number of para-hydroxylation sites is 1. The highest BCUT2D eigenvalue weighted by molar-refractivity contribution is 7.13. The van der Waals surface area contributed by atoms with Crippen LogP contribution in [0.25, 0.3) is 10.7 Å². The summed E-state index contributed by atoms with van der Waals surface area (Å²) in [5, 5.41) is 3.02. The lowest BCUT2D eigenvalue weighted by molar-refractivity contribution is -0.133. The van der Waals surface area contributed by atoms with E-state index in [1.54, 1.807) is 30.5 Å². The number of esters is 1. The van der Waals surface area contributed by atoms with E-state index in [1.807, 2.05) is 23.6 Å². The van der Waals surface area contributed by atoms with Crippen LogP contribution in [0.15, 0.2) is 54.0 Å². The van der Waals surface area contributed by atoms with E-state index in [0.29, 0.717) is 16.5 Å². The van der Waals surface area contributed by atoms with Crippen molar-refractivity contribution in [3.8, 4) is 16.5 Å². The standard InChI is InChI=1S/C16H11ClN2O2S/c17-12-5-1-2-7-14(12)21-15(20)9-11-10-22-16(19-11)13-6-3-4-8-18-13/h1-8,10H,9H2. The Morgan fingerprint density at radius 2 is 2.00 bits per heavy atom. The molecule has 0 aliphatic heterocycles. The summed E-state index contributed by atoms with van der Waals surface area (Å²) in [4.78, 5) is 20.6. The molecule has 0 fully saturated rings. The van der Waals surface area contributed by atoms with E-state index < -0.39 is 5.97 Å². The lowest BCUT2D eigenvalue weighted by Gasteiger charge is -2.04. The molecule has 3 aromatic rings. The van der Waals surface area contributed by atoms with Gasteiger partial charge in [-0.3, -0.25) is 9.78 Å². The number of benzene rings is 1. The van der Waals surface area contributed by atoms with Gasteiger partial charge in [-0.25, -0.2) is 4.98 Å². The van der Waals surface area contributed by atoms with Gasteiger partial charge in [-0.1, -0.05) is 29.8 Å². The minimum Gasteiger partial charge on any atom is -0.425 e. The highest BCUT2D eigenvalue weighted by atomic mass is 35.5. The van der Waals surface area contributed by atoms with Gasteiger partial charge in [0, 0.05) is 11.6 Å². The Hall–Kier alpha value is -2.24. The number of hydrogen-bond acceptors (Lipinski definition) is 5. The number of pyridine rings is 1. The highest BCUT2D eigenvalue weighted by Gasteiger charge is 2.12. The molecule has 1 aromatic carbocycles. The second-order valence-corrected chi connectivity index (χ2v) is 5.71. The number of hydrogen-bond donors (Lipinski definition) is 0. The van der Waals surface area contributed by atoms with Crippen molar-refractivity contribution in [1.29, 1.82) is 0 Å². The maximum Gasteiger partial charge on any atom is 0.317 e. The SMILES string of the molecule is O=C(Cc1csc(-c2ccccn2)n1)Oc1ccccc1Cl. The lowest BCUT2D eigenvalue weighted by Crippen LogP contribution is -2.11. The van der Waals surface area contributed by atoms with E-state index in [2.05, 4.69) is 9.97 Å². The Labute approximate surface area is 136 Å². The van der Waals surface area contributed by atoms with Crippen molar-refractivity contribution < 1.29 is 9.53 Å². The second-order valence-electron chi connectivity index (χ2n) is 4.44. The van der Waals surface area contributed by atoms with E-state index >= 15 is 0 Å². The second kappa shape index (κ2) is 6.68. The van der Waals surface area contributed by atoms with Gasteiger partial charge < -0.3 is 4.74 Å². The summed E-state index contributed by atoms with van der Waals surface area (Å²) in [5.74, 6) is -0.0414. The molecule has 0 atom stereocenters. The zero-order valence-corrected chi connectivity index (χ0v) is 13.0. The average molecular weight is 331 g/mol. The highest BCUT2D eigenvalue weighted by Crippen LogP contribution is 2.24. The Balaban J connectivity index is 1.68. The molecular formula is C16H11ClN2O2S. The third-order valence-electron chi connectivity index (χ3n) is 2.82. The summed E-state index contributed by atoms with van der Waals surface area (Å²) < 4.78 is 5.24. The number of thiazole rings is 1. The molecule has 2 heterocycles. The molecule has 2 aromatic heterocycles. The summed E-state index contributed by atoms with van der Waals surface area (Å²) in [7, 11) is 0. The Morgan fingerprint density at radius 1 is 1.18 bits per heavy atom. The summed E-state index contributed by atoms with van der Waals surface area (Å²) in [6, 6.07) is 12.5. The molecule has 0 bridgehead atoms. The number of ether oxygens (including phenoxy) is 1. The van der Waals surface area contributed by atoms with Crippen LogP contribution in [0, 0.1) is 0 Å². The van der Waals surface area contributed by atoms with Crippen molar-refractivity contribution in [2.24, 2.45) is 0 Å². The first-order valence-electron chi connectivity index (χ1n) is 6.53. The predicted octanol–water partition coefficient (Wildman–Crippen LogP) is 4.01. The number of nitrogens with zero attached hydrogens (tertiary/aromatic N) is 2. The first-order valence-corrected chi connectivity index (χ1v) is 7.79. The van der Waals surface area contributed by atoms with Gasteiger partial charge in [0.2, 0.25) is 0 Å². The Bertz CT molecular complexity index is 790. The van der Waals surface area contributed by atoms with Gasteiger partial charge in [-0.15, -0.1) is 11.3 Å². The van der Waals surface area contributed by atoms with E-state index in [9.17, 15) is 4.79 Å². The molecule has 3 rings (SSSR count). The van der Waals surface area contributed by atoms with Crippen molar-refractivity contribution in [1.82, 2.24) is 9.97 Å². The Morgan fingerprint density at radius 3 is 2.77 bits per heavy atom. The number of rotatable bonds is 4. The smallest absolute Gasteiger partial charge is 0.317 e. The van der Waals surface area contributed by atoms with Crippen LogP contribution in [0.4, 0.5) is 0 Å². The normalized spacial score (nSPS) is 10.4. The molecule has 4 nitrogen and oxygen atoms in total. The molecule has 0 saturated carbocycles. The zero-order valence-electron chi connectivity index (χ0n) is 11.4. The van der Waals surface area contributed by atoms with Crippen molar-refractivity contribution in [2.45, 2.75) is 6.42 Å². The van der Waals surface area contributed by atoms with E-state index in [0.717, 1.165) is 10.7 Å². The molecule has 110 valence electrons. The lowest BCUT2D eigenvalue weighted by atomic mass is 10.3. The first kappa shape index (κ1) is 14.7. The Kier molecular flexibility index (Phi) is 4.46. The van der Waals surface area contributed by atoms with Crippen LogP contribution in [-0.4, -0.2) is 15.9 Å². The van der Waals surface area contributed by atoms with Crippen molar-refractivity contribution in [3.63, 3.8) is 0 Å². The van der Waals surface area contributed by atoms with E-state index in [-0.39, 0.29) is 6.42 Å². The molecule has 0 aliphatic carbocycles. The number of halogens is 1. The average Bonchev–Trinajstić information content (AvgIpc) is 2.99. The summed E-state index contributed by atoms with van der Waals surface area (Å²) in [6.07, 6.45) is 1.80. The monoisotopic (exact) mass is 330 g/mol. The molecule has 0 amide bonds. The van der Waals surface area contributed by atoms with Crippen LogP contribution in [0.2, 0.25) is 5.02 Å². The van der Waals surface area contributed by atoms with Crippen molar-refractivity contribution in [3.05, 3.63) is 64.8 Å². The maximum atomic E-state index is 11.9. The van der Waals surface area contributed by atoms with Gasteiger partial charge in [-0.2, -0.15) is 0 Å². The maximum absolute atomic E-state index is 11.9. The summed E-state index contributed by atoms with van der Waals surface area (Å²) in [5.41, 5.74) is 1.45. The van der Waals surface area contributed by atoms with Gasteiger partial charge >= 0.3 is 5.97 Å². The van der Waals surface area contributed by atoms with Gasteiger partial charge in [-0.05, 0) is 24.3 Å². The quantitative estimate of drug-likeness (QED) is 0.536. The molecule has 0 radical (unpaired) electrons. The number of carbonyl (C=O) groups excluding carboxylic acids is 1. The van der Waals surface area contributed by atoms with E-state index in [4.69, 9.17) is 16.3 Å². The van der Waals surface area contributed by atoms with Crippen molar-refractivity contribution >= 4 is 28.9 Å². The molecule has 0 unspecified atom stereocenters. The van der Waals surface area contributed by atoms with E-state index in [1.165, 1.54) is 11.3 Å². The van der Waals surface area contributed by atoms with Crippen LogP contribution < -0.4 is 4.74 Å². The molecule has 0 spiro atoms. The fraction of sp³-hybridized carbons (Fsp3) is 0.0625. The van der Waals surface area contributed by atoms with Crippen LogP contribution in [0.3, 0.4) is 0 Å². The van der Waals surface area contributed by atoms with Crippen LogP contribution in [-0.2, 0) is 11.2 Å². The molecule has 0 saturated heterocycles. The number of aromatic nitrogens is 2. The third kappa shape index (κ3) is 3.50. The first-order chi connectivity index (χ1) is 10.7. The fourth-order valence-electron chi connectivity index (χ4n) is 1.83. The minimum atomic E-state index is -0.397. The fourth-order valence-corrected chi connectivity index (χ4v) is 2.80. The third-order valence-corrected chi connectivity index (χ3v) is 4.05. The topological polar surface area (TPSA) is 52.1 Å². The van der Waals surface area contributed by atoms with Crippen LogP contribution in [0.5, 0.6) is 5.75 Å². The van der Waals surface area contributed by atoms with Gasteiger partial charge in [0.05, 0.1) is 22.8 Å². The molecule has 0 aliphatic rings. The summed E-state index contributed by atoms with van der Waals surface area (Å²) in [6.45, 7) is 0.